The molecule has 0 N–H and O–H groups in total. The van der Waals surface area contributed by atoms with Gasteiger partial charge in [-0.3, -0.25) is 4.79 Å². The fourth-order valence-corrected chi connectivity index (χ4v) is 4.06. The minimum absolute atomic E-state index is 0.0784. The lowest BCUT2D eigenvalue weighted by Crippen LogP contribution is -2.19. The Morgan fingerprint density at radius 3 is 2.50 bits per heavy atom. The molecule has 0 spiro atoms. The van der Waals surface area contributed by atoms with E-state index in [0.29, 0.717) is 29.4 Å². The van der Waals surface area contributed by atoms with Gasteiger partial charge in [0.2, 0.25) is 0 Å². The predicted octanol–water partition coefficient (Wildman–Crippen LogP) is 4.80. The maximum atomic E-state index is 12.2. The second-order valence-corrected chi connectivity index (χ2v) is 8.60. The van der Waals surface area contributed by atoms with Crippen molar-refractivity contribution in [2.45, 2.75) is 59.3 Å². The standard InChI is InChI=1S/C20H26O3S/c1-13(14-6-8-15(21)9-7-14)17-12-16(10-11-20(2,3)4)24-18(17)19(22)23-5/h12-14H,6-9H2,1-5H3. The molecule has 1 atom stereocenters. The number of carbonyl (C=O) groups excluding carboxylic acids is 2. The number of thiophene rings is 1. The molecule has 24 heavy (non-hydrogen) atoms. The van der Waals surface area contributed by atoms with Gasteiger partial charge in [-0.1, -0.05) is 18.8 Å². The highest BCUT2D eigenvalue weighted by atomic mass is 32.1. The van der Waals surface area contributed by atoms with Crippen molar-refractivity contribution in [3.8, 4) is 11.8 Å². The summed E-state index contributed by atoms with van der Waals surface area (Å²) in [7, 11) is 1.41. The molecule has 0 aliphatic heterocycles. The first-order valence-corrected chi connectivity index (χ1v) is 9.30. The summed E-state index contributed by atoms with van der Waals surface area (Å²) in [6.45, 7) is 8.35. The monoisotopic (exact) mass is 346 g/mol. The van der Waals surface area contributed by atoms with Crippen LogP contribution in [0.1, 0.15) is 79.4 Å². The lowest BCUT2D eigenvalue weighted by atomic mass is 9.77. The second kappa shape index (κ2) is 7.53. The van der Waals surface area contributed by atoms with E-state index < -0.39 is 0 Å². The van der Waals surface area contributed by atoms with Gasteiger partial charge in [0.05, 0.1) is 12.0 Å². The second-order valence-electron chi connectivity index (χ2n) is 7.55. The van der Waals surface area contributed by atoms with E-state index in [2.05, 4.69) is 39.5 Å². The Labute approximate surface area is 148 Å². The Kier molecular flexibility index (Phi) is 5.87. The van der Waals surface area contributed by atoms with E-state index >= 15 is 0 Å². The smallest absolute Gasteiger partial charge is 0.348 e. The van der Waals surface area contributed by atoms with E-state index in [1.165, 1.54) is 18.4 Å². The average molecular weight is 346 g/mol. The van der Waals surface area contributed by atoms with Gasteiger partial charge in [0.15, 0.2) is 0 Å². The number of methoxy groups -OCH3 is 1. The van der Waals surface area contributed by atoms with Crippen molar-refractivity contribution in [3.05, 3.63) is 21.4 Å². The number of carbonyl (C=O) groups is 2. The minimum atomic E-state index is -0.294. The Morgan fingerprint density at radius 2 is 1.96 bits per heavy atom. The fourth-order valence-electron chi connectivity index (χ4n) is 3.02. The van der Waals surface area contributed by atoms with Crippen molar-refractivity contribution >= 4 is 23.1 Å². The summed E-state index contributed by atoms with van der Waals surface area (Å²) in [5, 5.41) is 0. The van der Waals surface area contributed by atoms with Gasteiger partial charge in [0, 0.05) is 18.3 Å². The van der Waals surface area contributed by atoms with Gasteiger partial charge in [-0.15, -0.1) is 11.3 Å². The average Bonchev–Trinajstić information content (AvgIpc) is 2.96. The summed E-state index contributed by atoms with van der Waals surface area (Å²) in [5.74, 6) is 7.15. The van der Waals surface area contributed by atoms with E-state index in [0.717, 1.165) is 23.3 Å². The van der Waals surface area contributed by atoms with Crippen molar-refractivity contribution in [1.82, 2.24) is 0 Å². The molecular formula is C20H26O3S. The first-order chi connectivity index (χ1) is 11.2. The van der Waals surface area contributed by atoms with Crippen LogP contribution in [0.4, 0.5) is 0 Å². The summed E-state index contributed by atoms with van der Waals surface area (Å²) in [6, 6.07) is 2.04. The number of Topliss-reactive ketones (excluding diaryl/α,β-unsaturated/α-hetero) is 1. The van der Waals surface area contributed by atoms with Crippen LogP contribution in [0.25, 0.3) is 0 Å². The zero-order valence-corrected chi connectivity index (χ0v) is 16.0. The molecule has 1 heterocycles. The molecular weight excluding hydrogens is 320 g/mol. The van der Waals surface area contributed by atoms with Crippen molar-refractivity contribution in [2.24, 2.45) is 11.3 Å². The molecule has 4 heteroatoms. The summed E-state index contributed by atoms with van der Waals surface area (Å²) < 4.78 is 4.96. The molecule has 0 saturated heterocycles. The number of rotatable bonds is 3. The summed E-state index contributed by atoms with van der Waals surface area (Å²) in [4.78, 5) is 25.2. The van der Waals surface area contributed by atoms with E-state index in [9.17, 15) is 9.59 Å². The molecule has 1 fully saturated rings. The Morgan fingerprint density at radius 1 is 1.33 bits per heavy atom. The molecule has 1 aliphatic rings. The van der Waals surface area contributed by atoms with E-state index in [4.69, 9.17) is 4.74 Å². The highest BCUT2D eigenvalue weighted by molar-refractivity contribution is 7.14. The third kappa shape index (κ3) is 4.70. The van der Waals surface area contributed by atoms with E-state index in [1.807, 2.05) is 6.07 Å². The number of hydrogen-bond acceptors (Lipinski definition) is 4. The summed E-state index contributed by atoms with van der Waals surface area (Å²) in [6.07, 6.45) is 3.12. The predicted molar refractivity (Wildman–Crippen MR) is 97.4 cm³/mol. The zero-order valence-electron chi connectivity index (χ0n) is 15.2. The zero-order chi connectivity index (χ0) is 17.9. The highest BCUT2D eigenvalue weighted by Crippen LogP contribution is 2.39. The van der Waals surface area contributed by atoms with Crippen LogP contribution >= 0.6 is 11.3 Å². The van der Waals surface area contributed by atoms with Crippen LogP contribution in [-0.4, -0.2) is 18.9 Å². The lowest BCUT2D eigenvalue weighted by Gasteiger charge is -2.27. The third-order valence-electron chi connectivity index (χ3n) is 4.48. The fraction of sp³-hybridized carbons (Fsp3) is 0.600. The van der Waals surface area contributed by atoms with Crippen LogP contribution in [0.15, 0.2) is 6.07 Å². The lowest BCUT2D eigenvalue weighted by molar-refractivity contribution is -0.121. The van der Waals surface area contributed by atoms with Crippen LogP contribution < -0.4 is 0 Å². The molecule has 0 radical (unpaired) electrons. The van der Waals surface area contributed by atoms with E-state index in [-0.39, 0.29) is 17.3 Å². The number of esters is 1. The van der Waals surface area contributed by atoms with Crippen LogP contribution in [0.2, 0.25) is 0 Å². The maximum absolute atomic E-state index is 12.2. The SMILES string of the molecule is COC(=O)c1sc(C#CC(C)(C)C)cc1C(C)C1CCC(=O)CC1. The van der Waals surface area contributed by atoms with Crippen LogP contribution in [0.5, 0.6) is 0 Å². The van der Waals surface area contributed by atoms with Crippen molar-refractivity contribution < 1.29 is 14.3 Å². The molecule has 2 rings (SSSR count). The third-order valence-corrected chi connectivity index (χ3v) is 5.52. The van der Waals surface area contributed by atoms with Gasteiger partial charge in [0.25, 0.3) is 0 Å². The first kappa shape index (κ1) is 18.7. The number of ketones is 1. The Bertz CT molecular complexity index is 672. The van der Waals surface area contributed by atoms with Crippen molar-refractivity contribution in [3.63, 3.8) is 0 Å². The summed E-state index contributed by atoms with van der Waals surface area (Å²) in [5.41, 5.74) is 0.940. The van der Waals surface area contributed by atoms with Crippen molar-refractivity contribution in [2.75, 3.05) is 7.11 Å². The van der Waals surface area contributed by atoms with Gasteiger partial charge in [-0.2, -0.15) is 0 Å². The van der Waals surface area contributed by atoms with Gasteiger partial charge in [-0.25, -0.2) is 4.79 Å². The molecule has 0 amide bonds. The molecule has 130 valence electrons. The summed E-state index contributed by atoms with van der Waals surface area (Å²) >= 11 is 1.41. The molecule has 1 unspecified atom stereocenters. The molecule has 1 aromatic rings. The Hall–Kier alpha value is -1.60. The quantitative estimate of drug-likeness (QED) is 0.583. The molecule has 1 aromatic heterocycles. The van der Waals surface area contributed by atoms with Crippen LogP contribution in [-0.2, 0) is 9.53 Å². The maximum Gasteiger partial charge on any atom is 0.348 e. The van der Waals surface area contributed by atoms with Gasteiger partial charge < -0.3 is 4.74 Å². The topological polar surface area (TPSA) is 43.4 Å². The van der Waals surface area contributed by atoms with E-state index in [1.54, 1.807) is 0 Å². The first-order valence-electron chi connectivity index (χ1n) is 8.48. The largest absolute Gasteiger partial charge is 0.465 e. The van der Waals surface area contributed by atoms with Crippen molar-refractivity contribution in [1.29, 1.82) is 0 Å². The molecule has 1 saturated carbocycles. The molecule has 0 aromatic carbocycles. The minimum Gasteiger partial charge on any atom is -0.465 e. The molecule has 3 nitrogen and oxygen atoms in total. The molecule has 0 bridgehead atoms. The van der Waals surface area contributed by atoms with Crippen LogP contribution in [0.3, 0.4) is 0 Å². The van der Waals surface area contributed by atoms with Crippen LogP contribution in [0, 0.1) is 23.2 Å². The number of hydrogen-bond donors (Lipinski definition) is 0. The van der Waals surface area contributed by atoms with Gasteiger partial charge in [-0.05, 0) is 57.1 Å². The normalized spacial score (nSPS) is 17.1. The molecule has 1 aliphatic carbocycles. The number of ether oxygens (including phenoxy) is 1. The Balaban J connectivity index is 2.32. The highest BCUT2D eigenvalue weighted by Gasteiger charge is 2.29. The van der Waals surface area contributed by atoms with Gasteiger partial charge in [0.1, 0.15) is 10.7 Å². The van der Waals surface area contributed by atoms with Gasteiger partial charge >= 0.3 is 5.97 Å².